The lowest BCUT2D eigenvalue weighted by atomic mass is 10.1. The second-order valence-electron chi connectivity index (χ2n) is 4.35. The van der Waals surface area contributed by atoms with E-state index in [2.05, 4.69) is 49.0 Å². The van der Waals surface area contributed by atoms with Crippen molar-refractivity contribution in [1.29, 1.82) is 0 Å². The molecule has 2 aromatic heterocycles. The summed E-state index contributed by atoms with van der Waals surface area (Å²) < 4.78 is 0. The van der Waals surface area contributed by atoms with E-state index in [0.29, 0.717) is 6.04 Å². The van der Waals surface area contributed by atoms with Crippen LogP contribution in [-0.4, -0.2) is 6.54 Å². The molecule has 1 atom stereocenters. The number of thiophene rings is 2. The maximum atomic E-state index is 3.66. The summed E-state index contributed by atoms with van der Waals surface area (Å²) in [6, 6.07) is 4.89. The van der Waals surface area contributed by atoms with Gasteiger partial charge in [-0.15, -0.1) is 22.7 Å². The van der Waals surface area contributed by atoms with Crippen LogP contribution in [0.2, 0.25) is 0 Å². The van der Waals surface area contributed by atoms with E-state index in [4.69, 9.17) is 0 Å². The van der Waals surface area contributed by atoms with Crippen LogP contribution in [0.1, 0.15) is 40.3 Å². The zero-order valence-corrected chi connectivity index (χ0v) is 12.3. The molecule has 0 saturated carbocycles. The molecule has 0 aliphatic heterocycles. The van der Waals surface area contributed by atoms with Gasteiger partial charge in [0.15, 0.2) is 0 Å². The van der Waals surface area contributed by atoms with Gasteiger partial charge in [-0.05, 0) is 60.8 Å². The third kappa shape index (κ3) is 2.97. The standard InChI is InChI=1S/C14H19NS2/c1-4-6-15-13(12-8-11(3)17-9-12)14-10(2)5-7-16-14/h5,7-9,13,15H,4,6H2,1-3H3. The molecule has 0 spiro atoms. The van der Waals surface area contributed by atoms with Crippen LogP contribution in [0.3, 0.4) is 0 Å². The number of aryl methyl sites for hydroxylation is 2. The second-order valence-corrected chi connectivity index (χ2v) is 6.41. The molecule has 0 radical (unpaired) electrons. The third-order valence-electron chi connectivity index (χ3n) is 2.85. The van der Waals surface area contributed by atoms with Crippen LogP contribution in [0.25, 0.3) is 0 Å². The topological polar surface area (TPSA) is 12.0 Å². The van der Waals surface area contributed by atoms with Crippen LogP contribution in [0.4, 0.5) is 0 Å². The zero-order chi connectivity index (χ0) is 12.3. The lowest BCUT2D eigenvalue weighted by molar-refractivity contribution is 0.605. The van der Waals surface area contributed by atoms with E-state index in [-0.39, 0.29) is 0 Å². The van der Waals surface area contributed by atoms with E-state index in [9.17, 15) is 0 Å². The van der Waals surface area contributed by atoms with Crippen molar-refractivity contribution in [3.63, 3.8) is 0 Å². The maximum Gasteiger partial charge on any atom is 0.0681 e. The summed E-state index contributed by atoms with van der Waals surface area (Å²) in [6.07, 6.45) is 1.17. The molecule has 3 heteroatoms. The molecule has 2 aromatic rings. The molecule has 2 heterocycles. The van der Waals surface area contributed by atoms with Crippen molar-refractivity contribution >= 4 is 22.7 Å². The van der Waals surface area contributed by atoms with Gasteiger partial charge in [0, 0.05) is 9.75 Å². The molecular weight excluding hydrogens is 246 g/mol. The average Bonchev–Trinajstić information content (AvgIpc) is 2.90. The first kappa shape index (κ1) is 12.8. The highest BCUT2D eigenvalue weighted by Gasteiger charge is 2.17. The van der Waals surface area contributed by atoms with Crippen molar-refractivity contribution < 1.29 is 0 Å². The molecule has 0 fully saturated rings. The molecule has 0 aromatic carbocycles. The Morgan fingerprint density at radius 2 is 2.12 bits per heavy atom. The number of hydrogen-bond acceptors (Lipinski definition) is 3. The summed E-state index contributed by atoms with van der Waals surface area (Å²) >= 11 is 3.69. The predicted octanol–water partition coefficient (Wildman–Crippen LogP) is 4.52. The second kappa shape index (κ2) is 5.80. The van der Waals surface area contributed by atoms with Crippen molar-refractivity contribution in [3.8, 4) is 0 Å². The molecule has 1 unspecified atom stereocenters. The van der Waals surface area contributed by atoms with Gasteiger partial charge in [0.25, 0.3) is 0 Å². The van der Waals surface area contributed by atoms with Crippen LogP contribution in [0, 0.1) is 13.8 Å². The van der Waals surface area contributed by atoms with E-state index < -0.39 is 0 Å². The van der Waals surface area contributed by atoms with Crippen LogP contribution >= 0.6 is 22.7 Å². The number of rotatable bonds is 5. The molecule has 1 N–H and O–H groups in total. The van der Waals surface area contributed by atoms with Gasteiger partial charge in [-0.3, -0.25) is 0 Å². The summed E-state index contributed by atoms with van der Waals surface area (Å²) in [5.41, 5.74) is 2.80. The van der Waals surface area contributed by atoms with Crippen molar-refractivity contribution in [2.24, 2.45) is 0 Å². The molecule has 0 aliphatic carbocycles. The van der Waals surface area contributed by atoms with Gasteiger partial charge in [0.05, 0.1) is 6.04 Å². The molecule has 0 aliphatic rings. The summed E-state index contributed by atoms with van der Waals surface area (Å²) in [4.78, 5) is 2.84. The first-order valence-electron chi connectivity index (χ1n) is 6.04. The Morgan fingerprint density at radius 1 is 1.29 bits per heavy atom. The van der Waals surface area contributed by atoms with E-state index in [0.717, 1.165) is 6.54 Å². The molecular formula is C14H19NS2. The molecule has 0 amide bonds. The normalized spacial score (nSPS) is 12.9. The van der Waals surface area contributed by atoms with Gasteiger partial charge in [0.2, 0.25) is 0 Å². The lowest BCUT2D eigenvalue weighted by Crippen LogP contribution is -2.22. The first-order valence-corrected chi connectivity index (χ1v) is 7.80. The minimum atomic E-state index is 0.375. The Kier molecular flexibility index (Phi) is 4.37. The van der Waals surface area contributed by atoms with Crippen LogP contribution in [0.5, 0.6) is 0 Å². The SMILES string of the molecule is CCCNC(c1csc(C)c1)c1sccc1C. The van der Waals surface area contributed by atoms with Crippen molar-refractivity contribution in [3.05, 3.63) is 43.8 Å². The third-order valence-corrected chi connectivity index (χ3v) is 4.81. The fourth-order valence-electron chi connectivity index (χ4n) is 1.95. The minimum Gasteiger partial charge on any atom is -0.306 e. The van der Waals surface area contributed by atoms with E-state index >= 15 is 0 Å². The molecule has 92 valence electrons. The molecule has 0 saturated heterocycles. The number of hydrogen-bond donors (Lipinski definition) is 1. The van der Waals surface area contributed by atoms with Gasteiger partial charge < -0.3 is 5.32 Å². The van der Waals surface area contributed by atoms with Gasteiger partial charge in [-0.2, -0.15) is 0 Å². The van der Waals surface area contributed by atoms with Crippen molar-refractivity contribution in [2.75, 3.05) is 6.54 Å². The van der Waals surface area contributed by atoms with Crippen molar-refractivity contribution in [1.82, 2.24) is 5.32 Å². The molecule has 17 heavy (non-hydrogen) atoms. The Hall–Kier alpha value is -0.640. The van der Waals surface area contributed by atoms with Gasteiger partial charge in [-0.1, -0.05) is 6.92 Å². The quantitative estimate of drug-likeness (QED) is 0.838. The van der Waals surface area contributed by atoms with Gasteiger partial charge in [-0.25, -0.2) is 0 Å². The fourth-order valence-corrected chi connectivity index (χ4v) is 3.70. The Morgan fingerprint density at radius 3 is 2.65 bits per heavy atom. The summed E-state index contributed by atoms with van der Waals surface area (Å²) in [5, 5.41) is 8.12. The van der Waals surface area contributed by atoms with E-state index in [1.807, 2.05) is 22.7 Å². The minimum absolute atomic E-state index is 0.375. The first-order chi connectivity index (χ1) is 8.22. The van der Waals surface area contributed by atoms with Crippen LogP contribution in [-0.2, 0) is 0 Å². The van der Waals surface area contributed by atoms with Crippen molar-refractivity contribution in [2.45, 2.75) is 33.2 Å². The molecule has 0 bridgehead atoms. The zero-order valence-electron chi connectivity index (χ0n) is 10.6. The van der Waals surface area contributed by atoms with Crippen LogP contribution < -0.4 is 5.32 Å². The monoisotopic (exact) mass is 265 g/mol. The molecule has 2 rings (SSSR count). The Labute approximate surface area is 112 Å². The highest BCUT2D eigenvalue weighted by Crippen LogP contribution is 2.31. The Bertz CT molecular complexity index is 470. The smallest absolute Gasteiger partial charge is 0.0681 e. The fraction of sp³-hybridized carbons (Fsp3) is 0.429. The summed E-state index contributed by atoms with van der Waals surface area (Å²) in [6.45, 7) is 7.65. The molecule has 1 nitrogen and oxygen atoms in total. The summed E-state index contributed by atoms with van der Waals surface area (Å²) in [5.74, 6) is 0. The highest BCUT2D eigenvalue weighted by atomic mass is 32.1. The maximum absolute atomic E-state index is 3.66. The van der Waals surface area contributed by atoms with E-state index in [1.54, 1.807) is 0 Å². The van der Waals surface area contributed by atoms with Crippen LogP contribution in [0.15, 0.2) is 22.9 Å². The predicted molar refractivity (Wildman–Crippen MR) is 78.2 cm³/mol. The van der Waals surface area contributed by atoms with Gasteiger partial charge >= 0.3 is 0 Å². The lowest BCUT2D eigenvalue weighted by Gasteiger charge is -2.17. The van der Waals surface area contributed by atoms with E-state index in [1.165, 1.54) is 27.3 Å². The average molecular weight is 265 g/mol. The number of nitrogens with one attached hydrogen (secondary N) is 1. The largest absolute Gasteiger partial charge is 0.306 e. The summed E-state index contributed by atoms with van der Waals surface area (Å²) in [7, 11) is 0. The highest BCUT2D eigenvalue weighted by molar-refractivity contribution is 7.10. The Balaban J connectivity index is 2.28. The van der Waals surface area contributed by atoms with Gasteiger partial charge in [0.1, 0.15) is 0 Å².